The molecule has 0 saturated carbocycles. The van der Waals surface area contributed by atoms with Crippen molar-refractivity contribution in [2.75, 3.05) is 16.8 Å². The molecule has 2 aromatic rings. The highest BCUT2D eigenvalue weighted by molar-refractivity contribution is 7.79. The topological polar surface area (TPSA) is 89.8 Å². The first kappa shape index (κ1) is 15.1. The molecule has 5 nitrogen and oxygen atoms in total. The number of anilines is 3. The predicted octanol–water partition coefficient (Wildman–Crippen LogP) is 3.64. The summed E-state index contributed by atoms with van der Waals surface area (Å²) in [7, 11) is 0. The van der Waals surface area contributed by atoms with Gasteiger partial charge in [-0.05, 0) is 12.1 Å². The number of nitrogens with zero attached hydrogens (tertiary/aromatic N) is 2. The monoisotopic (exact) mass is 347 g/mol. The fourth-order valence-corrected chi connectivity index (χ4v) is 2.35. The highest BCUT2D eigenvalue weighted by Gasteiger charge is 2.16. The van der Waals surface area contributed by atoms with E-state index in [-0.39, 0.29) is 27.5 Å². The van der Waals surface area contributed by atoms with Crippen LogP contribution in [-0.2, 0) is 0 Å². The van der Waals surface area contributed by atoms with Crippen molar-refractivity contribution in [1.29, 1.82) is 0 Å². The largest absolute Gasteiger partial charge is 0.382 e. The second-order valence-electron chi connectivity index (χ2n) is 3.70. The maximum absolute atomic E-state index is 6.15. The van der Waals surface area contributed by atoms with Crippen LogP contribution in [0.4, 0.5) is 17.5 Å². The lowest BCUT2D eigenvalue weighted by molar-refractivity contribution is 1.23. The van der Waals surface area contributed by atoms with Gasteiger partial charge in [0.25, 0.3) is 0 Å². The quantitative estimate of drug-likeness (QED) is 0.579. The number of nitrogens with two attached hydrogens (primary N) is 2. The fourth-order valence-electron chi connectivity index (χ4n) is 1.55. The maximum Gasteiger partial charge on any atom is 0.174 e. The molecule has 0 saturated heterocycles. The van der Waals surface area contributed by atoms with Crippen LogP contribution >= 0.6 is 47.0 Å². The second kappa shape index (κ2) is 5.97. The number of nitrogens with one attached hydrogen (secondary N) is 1. The summed E-state index contributed by atoms with van der Waals surface area (Å²) in [5.41, 5.74) is 13.5. The van der Waals surface area contributed by atoms with Gasteiger partial charge in [0.15, 0.2) is 17.5 Å². The summed E-state index contributed by atoms with van der Waals surface area (Å²) in [5, 5.41) is 3.65. The highest BCUT2D eigenvalue weighted by atomic mass is 35.5. The smallest absolute Gasteiger partial charge is 0.174 e. The van der Waals surface area contributed by atoms with Crippen molar-refractivity contribution in [3.8, 4) is 11.3 Å². The van der Waals surface area contributed by atoms with Gasteiger partial charge in [0.1, 0.15) is 5.69 Å². The lowest BCUT2D eigenvalue weighted by atomic mass is 10.1. The summed E-state index contributed by atoms with van der Waals surface area (Å²) in [6, 6.07) is 3.11. The summed E-state index contributed by atoms with van der Waals surface area (Å²) in [4.78, 5) is 8.24. The predicted molar refractivity (Wildman–Crippen MR) is 88.6 cm³/mol. The van der Waals surface area contributed by atoms with E-state index in [1.165, 1.54) is 11.6 Å². The molecule has 1 aromatic carbocycles. The third-order valence-corrected chi connectivity index (χ3v) is 3.53. The number of hydrogen-bond acceptors (Lipinski definition) is 5. The van der Waals surface area contributed by atoms with Crippen molar-refractivity contribution in [2.24, 2.45) is 0 Å². The highest BCUT2D eigenvalue weighted by Crippen LogP contribution is 2.38. The van der Waals surface area contributed by atoms with Gasteiger partial charge in [-0.25, -0.2) is 9.97 Å². The van der Waals surface area contributed by atoms with Crippen LogP contribution < -0.4 is 16.8 Å². The molecule has 0 radical (unpaired) electrons. The van der Waals surface area contributed by atoms with Gasteiger partial charge in [-0.15, -0.1) is 0 Å². The molecule has 9 heteroatoms. The molecule has 1 heterocycles. The molecule has 0 unspecified atom stereocenters. The minimum absolute atomic E-state index is 0.109. The first-order valence-corrected chi connectivity index (χ1v) is 6.82. The molecule has 0 fully saturated rings. The van der Waals surface area contributed by atoms with Crippen molar-refractivity contribution in [3.05, 3.63) is 27.2 Å². The second-order valence-corrected chi connectivity index (χ2v) is 5.16. The minimum Gasteiger partial charge on any atom is -0.382 e. The zero-order valence-corrected chi connectivity index (χ0v) is 12.9. The summed E-state index contributed by atoms with van der Waals surface area (Å²) in [6.45, 7) is 0. The summed E-state index contributed by atoms with van der Waals surface area (Å²) >= 11 is 22.8. The van der Waals surface area contributed by atoms with Gasteiger partial charge in [0, 0.05) is 10.6 Å². The van der Waals surface area contributed by atoms with Crippen LogP contribution in [0.25, 0.3) is 11.3 Å². The molecule has 0 amide bonds. The lowest BCUT2D eigenvalue weighted by Crippen LogP contribution is -2.08. The number of hydrogen-bond donors (Lipinski definition) is 3. The van der Waals surface area contributed by atoms with Crippen molar-refractivity contribution in [1.82, 2.24) is 9.97 Å². The lowest BCUT2D eigenvalue weighted by Gasteiger charge is -2.11. The molecular formula is C11H8Cl3N5S. The van der Waals surface area contributed by atoms with Gasteiger partial charge in [0.2, 0.25) is 0 Å². The molecule has 1 aromatic heterocycles. The zero-order chi connectivity index (χ0) is 14.9. The van der Waals surface area contributed by atoms with Gasteiger partial charge < -0.3 is 16.8 Å². The number of aromatic nitrogens is 2. The molecule has 2 rings (SSSR count). The molecule has 20 heavy (non-hydrogen) atoms. The third-order valence-electron chi connectivity index (χ3n) is 2.39. The van der Waals surface area contributed by atoms with Crippen LogP contribution in [0.2, 0.25) is 15.1 Å². The Kier molecular flexibility index (Phi) is 4.49. The Bertz CT molecular complexity index is 692. The van der Waals surface area contributed by atoms with Gasteiger partial charge in [0.05, 0.1) is 15.5 Å². The van der Waals surface area contributed by atoms with Crippen molar-refractivity contribution >= 4 is 70.0 Å². The summed E-state index contributed by atoms with van der Waals surface area (Å²) < 4.78 is 0. The molecule has 104 valence electrons. The van der Waals surface area contributed by atoms with Crippen molar-refractivity contribution in [2.45, 2.75) is 0 Å². The molecule has 0 aliphatic heterocycles. The van der Waals surface area contributed by atoms with Crippen molar-refractivity contribution in [3.63, 3.8) is 0 Å². The normalized spacial score (nSPS) is 10.3. The molecule has 5 N–H and O–H groups in total. The van der Waals surface area contributed by atoms with Gasteiger partial charge in [-0.1, -0.05) is 47.0 Å². The van der Waals surface area contributed by atoms with E-state index < -0.39 is 0 Å². The Balaban J connectivity index is 2.69. The molecule has 0 spiro atoms. The summed E-state index contributed by atoms with van der Waals surface area (Å²) in [6.07, 6.45) is 0. The number of nitrogen functional groups attached to an aromatic ring is 2. The van der Waals surface area contributed by atoms with Crippen LogP contribution in [-0.4, -0.2) is 15.5 Å². The molecular weight excluding hydrogens is 341 g/mol. The van der Waals surface area contributed by atoms with E-state index in [9.17, 15) is 0 Å². The number of rotatable bonds is 3. The first-order valence-electron chi connectivity index (χ1n) is 5.22. The summed E-state index contributed by atoms with van der Waals surface area (Å²) in [5.74, 6) is 0.505. The van der Waals surface area contributed by atoms with Crippen LogP contribution in [0, 0.1) is 0 Å². The van der Waals surface area contributed by atoms with E-state index in [1.54, 1.807) is 6.07 Å². The zero-order valence-electron chi connectivity index (χ0n) is 9.82. The Labute approximate surface area is 135 Å². The number of thiocarbonyl (C=S) groups is 1. The van der Waals surface area contributed by atoms with Crippen LogP contribution in [0.15, 0.2) is 12.1 Å². The molecule has 0 bridgehead atoms. The average Bonchev–Trinajstić information content (AvgIpc) is 2.37. The van der Waals surface area contributed by atoms with Gasteiger partial charge in [-0.3, -0.25) is 0 Å². The van der Waals surface area contributed by atoms with Crippen LogP contribution in [0.1, 0.15) is 0 Å². The Morgan fingerprint density at radius 3 is 2.45 bits per heavy atom. The van der Waals surface area contributed by atoms with E-state index in [0.29, 0.717) is 16.3 Å². The van der Waals surface area contributed by atoms with Gasteiger partial charge >= 0.3 is 0 Å². The van der Waals surface area contributed by atoms with E-state index >= 15 is 0 Å². The van der Waals surface area contributed by atoms with E-state index in [0.717, 1.165) is 0 Å². The minimum atomic E-state index is 0.109. The Morgan fingerprint density at radius 1 is 1.10 bits per heavy atom. The SMILES string of the molecule is Nc1nc(N)c(-c2cc(Cl)cc(Cl)c2Cl)nc1NC=S. The standard InChI is InChI=1S/C11H8Cl3N5S/c12-4-1-5(7(14)6(13)2-4)8-9(15)19-10(16)11(18-8)17-3-20/h1-3H,(H4,15,16,19)(H,17,18,20). The van der Waals surface area contributed by atoms with Gasteiger partial charge in [-0.2, -0.15) is 0 Å². The number of halogens is 3. The molecule has 0 aliphatic rings. The van der Waals surface area contributed by atoms with E-state index in [1.807, 2.05) is 0 Å². The van der Waals surface area contributed by atoms with E-state index in [4.69, 9.17) is 58.5 Å². The Hall–Kier alpha value is -1.34. The Morgan fingerprint density at radius 2 is 1.80 bits per heavy atom. The first-order chi connectivity index (χ1) is 9.43. The third kappa shape index (κ3) is 2.88. The fraction of sp³-hybridized carbons (Fsp3) is 0. The number of benzene rings is 1. The molecule has 0 aliphatic carbocycles. The van der Waals surface area contributed by atoms with Crippen LogP contribution in [0.3, 0.4) is 0 Å². The maximum atomic E-state index is 6.15. The van der Waals surface area contributed by atoms with Crippen molar-refractivity contribution < 1.29 is 0 Å². The average molecular weight is 349 g/mol. The van der Waals surface area contributed by atoms with E-state index in [2.05, 4.69) is 15.3 Å². The molecule has 0 atom stereocenters. The van der Waals surface area contributed by atoms with Crippen LogP contribution in [0.5, 0.6) is 0 Å².